The number of esters is 2. The predicted molar refractivity (Wildman–Crippen MR) is 119 cm³/mol. The number of aryl methyl sites for hydroxylation is 2. The van der Waals surface area contributed by atoms with Crippen LogP contribution in [-0.4, -0.2) is 36.0 Å². The number of benzene rings is 1. The zero-order valence-electron chi connectivity index (χ0n) is 17.3. The molecule has 0 spiro atoms. The molecule has 0 saturated heterocycles. The topological polar surface area (TPSA) is 97.5 Å². The first kappa shape index (κ1) is 21.1. The van der Waals surface area contributed by atoms with Gasteiger partial charge in [0.25, 0.3) is 5.91 Å². The molecule has 2 aromatic heterocycles. The van der Waals surface area contributed by atoms with E-state index in [9.17, 15) is 14.4 Å². The van der Waals surface area contributed by atoms with E-state index >= 15 is 0 Å². The van der Waals surface area contributed by atoms with Crippen molar-refractivity contribution in [3.05, 3.63) is 52.0 Å². The van der Waals surface area contributed by atoms with Crippen molar-refractivity contribution < 1.29 is 23.9 Å². The molecule has 1 aliphatic carbocycles. The quantitative estimate of drug-likeness (QED) is 0.516. The number of fused-ring (bicyclic) bond motifs is 2. The van der Waals surface area contributed by atoms with E-state index in [1.807, 2.05) is 30.5 Å². The summed E-state index contributed by atoms with van der Waals surface area (Å²) in [6, 6.07) is 7.88. The minimum Gasteiger partial charge on any atom is -0.462 e. The molecular weight excluding hydrogens is 416 g/mol. The highest BCUT2D eigenvalue weighted by molar-refractivity contribution is 7.17. The number of carbonyl (C=O) groups is 3. The van der Waals surface area contributed by atoms with Crippen LogP contribution < -0.4 is 5.32 Å². The molecule has 31 heavy (non-hydrogen) atoms. The van der Waals surface area contributed by atoms with Crippen LogP contribution in [0.5, 0.6) is 0 Å². The number of ether oxygens (including phenoxy) is 2. The molecule has 0 atom stereocenters. The highest BCUT2D eigenvalue weighted by Gasteiger charge is 2.28. The Morgan fingerprint density at radius 3 is 2.84 bits per heavy atom. The summed E-state index contributed by atoms with van der Waals surface area (Å²) < 4.78 is 10.3. The summed E-state index contributed by atoms with van der Waals surface area (Å²) >= 11 is 1.40. The summed E-state index contributed by atoms with van der Waals surface area (Å²) in [5, 5.41) is 4.27. The summed E-state index contributed by atoms with van der Waals surface area (Å²) in [7, 11) is 0. The van der Waals surface area contributed by atoms with E-state index in [2.05, 4.69) is 10.3 Å². The zero-order valence-corrected chi connectivity index (χ0v) is 18.1. The fourth-order valence-electron chi connectivity index (χ4n) is 3.87. The van der Waals surface area contributed by atoms with Crippen LogP contribution in [0.3, 0.4) is 0 Å². The van der Waals surface area contributed by atoms with Crippen LogP contribution in [0.1, 0.15) is 46.1 Å². The molecule has 0 radical (unpaired) electrons. The number of nitrogens with one attached hydrogen (secondary N) is 2. The molecule has 4 rings (SSSR count). The Hall–Kier alpha value is -3.13. The number of aromatic nitrogens is 1. The standard InChI is InChI=1S/C23H24N2O5S/c1-2-29-23(28)21-16-7-5-9-18(16)31-22(21)25-19(26)13-30-20(27)11-10-14-12-24-17-8-4-3-6-15(14)17/h3-4,6,8,12,24H,2,5,7,9-11,13H2,1H3,(H,25,26). The van der Waals surface area contributed by atoms with Crippen molar-refractivity contribution >= 4 is 45.1 Å². The van der Waals surface area contributed by atoms with Crippen molar-refractivity contribution in [3.8, 4) is 0 Å². The lowest BCUT2D eigenvalue weighted by Gasteiger charge is -2.08. The number of rotatable bonds is 8. The number of carbonyl (C=O) groups excluding carboxylic acids is 3. The van der Waals surface area contributed by atoms with E-state index in [4.69, 9.17) is 9.47 Å². The second kappa shape index (κ2) is 9.34. The number of amides is 1. The van der Waals surface area contributed by atoms with E-state index < -0.39 is 24.5 Å². The zero-order chi connectivity index (χ0) is 21.8. The lowest BCUT2D eigenvalue weighted by atomic mass is 10.1. The van der Waals surface area contributed by atoms with Crippen molar-refractivity contribution in [2.45, 2.75) is 39.0 Å². The third-order valence-corrected chi connectivity index (χ3v) is 6.50. The smallest absolute Gasteiger partial charge is 0.341 e. The highest BCUT2D eigenvalue weighted by Crippen LogP contribution is 2.39. The van der Waals surface area contributed by atoms with Crippen molar-refractivity contribution in [3.63, 3.8) is 0 Å². The first-order chi connectivity index (χ1) is 15.1. The normalized spacial score (nSPS) is 12.5. The van der Waals surface area contributed by atoms with Crippen molar-refractivity contribution in [2.75, 3.05) is 18.5 Å². The maximum absolute atomic E-state index is 12.4. The Balaban J connectivity index is 1.31. The molecule has 3 aromatic rings. The molecule has 0 unspecified atom stereocenters. The van der Waals surface area contributed by atoms with Crippen LogP contribution in [0.4, 0.5) is 5.00 Å². The van der Waals surface area contributed by atoms with Gasteiger partial charge in [0, 0.05) is 28.4 Å². The van der Waals surface area contributed by atoms with Crippen molar-refractivity contribution in [1.82, 2.24) is 4.98 Å². The number of para-hydroxylation sites is 1. The first-order valence-corrected chi connectivity index (χ1v) is 11.2. The molecule has 2 heterocycles. The number of anilines is 1. The molecule has 0 bridgehead atoms. The van der Waals surface area contributed by atoms with Gasteiger partial charge in [-0.1, -0.05) is 18.2 Å². The van der Waals surface area contributed by atoms with Gasteiger partial charge in [-0.2, -0.15) is 0 Å². The summed E-state index contributed by atoms with van der Waals surface area (Å²) in [6.07, 6.45) is 5.28. The fraction of sp³-hybridized carbons (Fsp3) is 0.348. The molecule has 2 N–H and O–H groups in total. The maximum atomic E-state index is 12.4. The summed E-state index contributed by atoms with van der Waals surface area (Å²) in [5.74, 6) is -1.33. The average Bonchev–Trinajstić information content (AvgIpc) is 3.45. The number of hydrogen-bond donors (Lipinski definition) is 2. The van der Waals surface area contributed by atoms with Crippen LogP contribution in [0, 0.1) is 0 Å². The maximum Gasteiger partial charge on any atom is 0.341 e. The molecule has 162 valence electrons. The van der Waals surface area contributed by atoms with Crippen LogP contribution >= 0.6 is 11.3 Å². The number of thiophene rings is 1. The van der Waals surface area contributed by atoms with Gasteiger partial charge in [-0.15, -0.1) is 11.3 Å². The third-order valence-electron chi connectivity index (χ3n) is 5.29. The Kier molecular flexibility index (Phi) is 6.36. The molecule has 1 aromatic carbocycles. The Morgan fingerprint density at radius 1 is 1.16 bits per heavy atom. The van der Waals surface area contributed by atoms with Gasteiger partial charge in [0.05, 0.1) is 12.2 Å². The van der Waals surface area contributed by atoms with Crippen LogP contribution in [0.2, 0.25) is 0 Å². The molecule has 1 aliphatic rings. The molecule has 0 fully saturated rings. The number of hydrogen-bond acceptors (Lipinski definition) is 6. The monoisotopic (exact) mass is 440 g/mol. The Labute approximate surface area is 183 Å². The third kappa shape index (κ3) is 4.64. The van der Waals surface area contributed by atoms with Crippen molar-refractivity contribution in [1.29, 1.82) is 0 Å². The van der Waals surface area contributed by atoms with Gasteiger partial charge in [0.1, 0.15) is 5.00 Å². The van der Waals surface area contributed by atoms with Gasteiger partial charge in [-0.3, -0.25) is 9.59 Å². The Bertz CT molecular complexity index is 1130. The van der Waals surface area contributed by atoms with Gasteiger partial charge < -0.3 is 19.8 Å². The van der Waals surface area contributed by atoms with Crippen molar-refractivity contribution in [2.24, 2.45) is 0 Å². The SMILES string of the molecule is CCOC(=O)c1c(NC(=O)COC(=O)CCc2c[nH]c3ccccc23)sc2c1CCC2. The van der Waals surface area contributed by atoms with E-state index in [0.717, 1.165) is 46.2 Å². The second-order valence-corrected chi connectivity index (χ2v) is 8.46. The fourth-order valence-corrected chi connectivity index (χ4v) is 5.16. The lowest BCUT2D eigenvalue weighted by Crippen LogP contribution is -2.22. The van der Waals surface area contributed by atoms with E-state index in [0.29, 0.717) is 17.0 Å². The number of H-pyrrole nitrogens is 1. The van der Waals surface area contributed by atoms with Gasteiger partial charge >= 0.3 is 11.9 Å². The van der Waals surface area contributed by atoms with Crippen LogP contribution in [0.15, 0.2) is 30.5 Å². The number of aromatic amines is 1. The van der Waals surface area contributed by atoms with E-state index in [1.165, 1.54) is 11.3 Å². The first-order valence-electron chi connectivity index (χ1n) is 10.4. The van der Waals surface area contributed by atoms with Gasteiger partial charge in [0.2, 0.25) is 0 Å². The molecule has 0 aliphatic heterocycles. The van der Waals surface area contributed by atoms with Gasteiger partial charge in [0.15, 0.2) is 6.61 Å². The molecule has 8 heteroatoms. The highest BCUT2D eigenvalue weighted by atomic mass is 32.1. The Morgan fingerprint density at radius 2 is 2.00 bits per heavy atom. The lowest BCUT2D eigenvalue weighted by molar-refractivity contribution is -0.147. The molecule has 7 nitrogen and oxygen atoms in total. The summed E-state index contributed by atoms with van der Waals surface area (Å²) in [6.45, 7) is 1.63. The second-order valence-electron chi connectivity index (χ2n) is 7.35. The minimum atomic E-state index is -0.467. The van der Waals surface area contributed by atoms with E-state index in [-0.39, 0.29) is 13.0 Å². The average molecular weight is 441 g/mol. The van der Waals surface area contributed by atoms with E-state index in [1.54, 1.807) is 6.92 Å². The molecule has 0 saturated carbocycles. The van der Waals surface area contributed by atoms with Crippen LogP contribution in [-0.2, 0) is 38.3 Å². The van der Waals surface area contributed by atoms with Gasteiger partial charge in [-0.05, 0) is 49.8 Å². The minimum absolute atomic E-state index is 0.177. The summed E-state index contributed by atoms with van der Waals surface area (Å²) in [4.78, 5) is 41.1. The largest absolute Gasteiger partial charge is 0.462 e. The van der Waals surface area contributed by atoms with Crippen LogP contribution in [0.25, 0.3) is 10.9 Å². The predicted octanol–water partition coefficient (Wildman–Crippen LogP) is 4.01. The molecular formula is C23H24N2O5S. The summed E-state index contributed by atoms with van der Waals surface area (Å²) in [5.41, 5.74) is 3.46. The molecule has 1 amide bonds. The van der Waals surface area contributed by atoms with Gasteiger partial charge in [-0.25, -0.2) is 4.79 Å².